The number of pyridine rings is 1. The van der Waals surface area contributed by atoms with Gasteiger partial charge in [0.1, 0.15) is 0 Å². The van der Waals surface area contributed by atoms with E-state index in [0.717, 1.165) is 5.56 Å². The number of ether oxygens (including phenoxy) is 1. The third kappa shape index (κ3) is 6.65. The molecule has 0 aliphatic heterocycles. The van der Waals surface area contributed by atoms with Crippen molar-refractivity contribution < 1.29 is 27.1 Å². The van der Waals surface area contributed by atoms with Crippen LogP contribution < -0.4 is 0 Å². The van der Waals surface area contributed by atoms with Crippen molar-refractivity contribution >= 4 is 32.9 Å². The van der Waals surface area contributed by atoms with Gasteiger partial charge in [0.2, 0.25) is 0 Å². The number of carbonyl (C=O) groups is 2. The van der Waals surface area contributed by atoms with Gasteiger partial charge in [0, 0.05) is 30.6 Å². The standard InChI is InChI=1S/C22H29FN2O5S2/c1-5-30-20(27)22(23,12-18-13-31-15-25-18)19(26)11-17(10-16-6-8-24-9-7-16)14-32(28,29)21(2,3)4/h6-9,13,15,17H,5,10-12,14H2,1-4H3/t17-,22-/m1/s1. The Morgan fingerprint density at radius 1 is 1.22 bits per heavy atom. The van der Waals surface area contributed by atoms with Gasteiger partial charge < -0.3 is 4.74 Å². The maximum absolute atomic E-state index is 15.9. The van der Waals surface area contributed by atoms with Crippen molar-refractivity contribution in [2.75, 3.05) is 12.4 Å². The van der Waals surface area contributed by atoms with Crippen molar-refractivity contribution in [2.45, 2.75) is 57.4 Å². The van der Waals surface area contributed by atoms with Gasteiger partial charge in [-0.3, -0.25) is 9.78 Å². The second-order valence-corrected chi connectivity index (χ2v) is 12.1. The minimum Gasteiger partial charge on any atom is -0.463 e. The van der Waals surface area contributed by atoms with Gasteiger partial charge in [0.15, 0.2) is 15.6 Å². The van der Waals surface area contributed by atoms with E-state index in [9.17, 15) is 18.0 Å². The van der Waals surface area contributed by atoms with Crippen molar-refractivity contribution in [3.63, 3.8) is 0 Å². The van der Waals surface area contributed by atoms with Gasteiger partial charge in [-0.1, -0.05) is 0 Å². The normalized spacial score (nSPS) is 15.0. The molecular formula is C22H29FN2O5S2. The van der Waals surface area contributed by atoms with Crippen molar-refractivity contribution in [1.82, 2.24) is 9.97 Å². The molecule has 0 aliphatic carbocycles. The summed E-state index contributed by atoms with van der Waals surface area (Å²) in [4.78, 5) is 33.5. The van der Waals surface area contributed by atoms with E-state index in [1.54, 1.807) is 50.7 Å². The maximum atomic E-state index is 15.9. The lowest BCUT2D eigenvalue weighted by atomic mass is 9.87. The Morgan fingerprint density at radius 2 is 1.88 bits per heavy atom. The van der Waals surface area contributed by atoms with Crippen molar-refractivity contribution in [3.05, 3.63) is 46.7 Å². The average molecular weight is 485 g/mol. The highest BCUT2D eigenvalue weighted by Crippen LogP contribution is 2.28. The third-order valence-electron chi connectivity index (χ3n) is 5.09. The van der Waals surface area contributed by atoms with E-state index in [-0.39, 0.29) is 24.5 Å². The van der Waals surface area contributed by atoms with Crippen molar-refractivity contribution in [1.29, 1.82) is 0 Å². The van der Waals surface area contributed by atoms with Crippen molar-refractivity contribution in [2.24, 2.45) is 5.92 Å². The van der Waals surface area contributed by atoms with Gasteiger partial charge in [-0.2, -0.15) is 0 Å². The van der Waals surface area contributed by atoms with Gasteiger partial charge in [0.05, 0.1) is 28.3 Å². The first kappa shape index (κ1) is 26.1. The Labute approximate surface area is 192 Å². The van der Waals surface area contributed by atoms with Crippen LogP contribution in [-0.2, 0) is 37.0 Å². The molecule has 0 bridgehead atoms. The zero-order valence-electron chi connectivity index (χ0n) is 18.7. The highest BCUT2D eigenvalue weighted by atomic mass is 32.2. The van der Waals surface area contributed by atoms with E-state index in [4.69, 9.17) is 4.74 Å². The predicted octanol–water partition coefficient (Wildman–Crippen LogP) is 3.38. The monoisotopic (exact) mass is 484 g/mol. The zero-order valence-corrected chi connectivity index (χ0v) is 20.3. The van der Waals surface area contributed by atoms with Gasteiger partial charge in [-0.05, 0) is 57.7 Å². The predicted molar refractivity (Wildman–Crippen MR) is 121 cm³/mol. The summed E-state index contributed by atoms with van der Waals surface area (Å²) < 4.78 is 45.4. The summed E-state index contributed by atoms with van der Waals surface area (Å²) in [7, 11) is -3.61. The first-order chi connectivity index (χ1) is 14.9. The average Bonchev–Trinajstić information content (AvgIpc) is 3.20. The Balaban J connectivity index is 2.34. The van der Waals surface area contributed by atoms with Gasteiger partial charge in [0.25, 0.3) is 5.67 Å². The van der Waals surface area contributed by atoms with Crippen LogP contribution in [0.15, 0.2) is 35.4 Å². The summed E-state index contributed by atoms with van der Waals surface area (Å²) in [5.41, 5.74) is -0.437. The molecule has 2 heterocycles. The van der Waals surface area contributed by atoms with Gasteiger partial charge in [-0.25, -0.2) is 22.6 Å². The molecule has 2 aromatic rings. The number of aromatic nitrogens is 2. The number of esters is 1. The number of carbonyl (C=O) groups excluding carboxylic acids is 2. The number of halogens is 1. The molecule has 0 N–H and O–H groups in total. The molecule has 2 aromatic heterocycles. The molecule has 0 saturated carbocycles. The quantitative estimate of drug-likeness (QED) is 0.356. The van der Waals surface area contributed by atoms with Crippen LogP contribution in [0.5, 0.6) is 0 Å². The molecule has 0 spiro atoms. The lowest BCUT2D eigenvalue weighted by molar-refractivity contribution is -0.162. The van der Waals surface area contributed by atoms with E-state index in [2.05, 4.69) is 9.97 Å². The SMILES string of the molecule is CCOC(=O)[C@@](F)(Cc1cscn1)C(=O)C[C@@H](Cc1ccncc1)CS(=O)(=O)C(C)(C)C. The maximum Gasteiger partial charge on any atom is 0.352 e. The molecule has 10 heteroatoms. The van der Waals surface area contributed by atoms with E-state index in [0.29, 0.717) is 0 Å². The number of nitrogens with zero attached hydrogens (tertiary/aromatic N) is 2. The molecule has 0 radical (unpaired) electrons. The molecule has 0 aromatic carbocycles. The smallest absolute Gasteiger partial charge is 0.352 e. The number of ketones is 1. The number of hydrogen-bond donors (Lipinski definition) is 0. The number of sulfone groups is 1. The minimum absolute atomic E-state index is 0.0896. The fraction of sp³-hybridized carbons (Fsp3) is 0.545. The Morgan fingerprint density at radius 3 is 2.41 bits per heavy atom. The molecule has 176 valence electrons. The molecule has 7 nitrogen and oxygen atoms in total. The summed E-state index contributed by atoms with van der Waals surface area (Å²) >= 11 is 1.22. The van der Waals surface area contributed by atoms with Gasteiger partial charge in [-0.15, -0.1) is 11.3 Å². The Hall–Kier alpha value is -2.20. The second kappa shape index (κ2) is 10.6. The Bertz CT molecular complexity index is 1000. The fourth-order valence-corrected chi connectivity index (χ4v) is 5.05. The number of thiazole rings is 1. The van der Waals surface area contributed by atoms with Crippen LogP contribution in [0.4, 0.5) is 4.39 Å². The highest BCUT2D eigenvalue weighted by molar-refractivity contribution is 7.92. The van der Waals surface area contributed by atoms with Crippen LogP contribution in [-0.4, -0.2) is 52.9 Å². The molecule has 0 saturated heterocycles. The van der Waals surface area contributed by atoms with Crippen LogP contribution in [0.25, 0.3) is 0 Å². The molecule has 2 atom stereocenters. The summed E-state index contributed by atoms with van der Waals surface area (Å²) in [6.45, 7) is 6.16. The highest BCUT2D eigenvalue weighted by Gasteiger charge is 2.49. The first-order valence-corrected chi connectivity index (χ1v) is 12.9. The minimum atomic E-state index is -3.61. The molecule has 0 amide bonds. The molecule has 0 aliphatic rings. The number of hydrogen-bond acceptors (Lipinski definition) is 8. The third-order valence-corrected chi connectivity index (χ3v) is 8.50. The van der Waals surface area contributed by atoms with Crippen LogP contribution in [0.1, 0.15) is 45.4 Å². The number of rotatable bonds is 11. The summed E-state index contributed by atoms with van der Waals surface area (Å²) in [5, 5.41) is 1.55. The topological polar surface area (TPSA) is 103 Å². The largest absolute Gasteiger partial charge is 0.463 e. The van der Waals surface area contributed by atoms with E-state index >= 15 is 4.39 Å². The number of Topliss-reactive ketones (excluding diaryl/α,β-unsaturated/α-hetero) is 1. The van der Waals surface area contributed by atoms with Crippen LogP contribution in [0.2, 0.25) is 0 Å². The lowest BCUT2D eigenvalue weighted by Crippen LogP contribution is -2.47. The second-order valence-electron chi connectivity index (χ2n) is 8.62. The fourth-order valence-electron chi connectivity index (χ4n) is 3.13. The molecule has 0 unspecified atom stereocenters. The summed E-state index contributed by atoms with van der Waals surface area (Å²) in [6.07, 6.45) is 2.36. The number of alkyl halides is 1. The van der Waals surface area contributed by atoms with Crippen LogP contribution in [0.3, 0.4) is 0 Å². The molecule has 0 fully saturated rings. The van der Waals surface area contributed by atoms with Gasteiger partial charge >= 0.3 is 5.97 Å². The van der Waals surface area contributed by atoms with E-state index in [1.807, 2.05) is 0 Å². The summed E-state index contributed by atoms with van der Waals surface area (Å²) in [5.74, 6) is -3.33. The summed E-state index contributed by atoms with van der Waals surface area (Å²) in [6, 6.07) is 3.43. The molecular weight excluding hydrogens is 455 g/mol. The zero-order chi connectivity index (χ0) is 24.0. The van der Waals surface area contributed by atoms with E-state index in [1.165, 1.54) is 23.8 Å². The molecule has 32 heavy (non-hydrogen) atoms. The lowest BCUT2D eigenvalue weighted by Gasteiger charge is -2.26. The van der Waals surface area contributed by atoms with E-state index < -0.39 is 50.8 Å². The Kier molecular flexibility index (Phi) is 8.64. The van der Waals surface area contributed by atoms with Crippen LogP contribution >= 0.6 is 11.3 Å². The molecule has 2 rings (SSSR count). The first-order valence-electron chi connectivity index (χ1n) is 10.3. The van der Waals surface area contributed by atoms with Crippen molar-refractivity contribution in [3.8, 4) is 0 Å². The van der Waals surface area contributed by atoms with Crippen LogP contribution in [0, 0.1) is 5.92 Å².